The number of hydrogen-bond donors (Lipinski definition) is 5. The van der Waals surface area contributed by atoms with Crippen molar-refractivity contribution in [2.75, 3.05) is 33.9 Å². The number of H-pyrrole nitrogens is 2. The Kier molecular flexibility index (Phi) is 13.4. The molecule has 2 fully saturated rings. The fourth-order valence-electron chi connectivity index (χ4n) is 10.1. The van der Waals surface area contributed by atoms with Gasteiger partial charge in [-0.05, 0) is 86.9 Å². The highest BCUT2D eigenvalue weighted by Crippen LogP contribution is 2.48. The van der Waals surface area contributed by atoms with Crippen molar-refractivity contribution in [2.45, 2.75) is 96.9 Å². The number of ether oxygens (including phenoxy) is 4. The van der Waals surface area contributed by atoms with E-state index in [1.54, 1.807) is 17.3 Å². The fraction of sp³-hybridized carbons (Fsp3) is 0.431. The second kappa shape index (κ2) is 19.6. The van der Waals surface area contributed by atoms with Gasteiger partial charge in [0.25, 0.3) is 0 Å². The number of alkyl carbamates (subject to hydrolysis) is 2. The number of carbonyl (C=O) groups excluding carboxylic acids is 3. The van der Waals surface area contributed by atoms with Crippen molar-refractivity contribution in [1.82, 2.24) is 44.9 Å². The molecule has 364 valence electrons. The third-order valence-electron chi connectivity index (χ3n) is 13.6. The number of fused-ring (bicyclic) bond motifs is 5. The molecular formula is C51H60FN9O8. The monoisotopic (exact) mass is 945 g/mol. The summed E-state index contributed by atoms with van der Waals surface area (Å²) in [4.78, 5) is 58.2. The number of aliphatic hydroxyl groups is 1. The van der Waals surface area contributed by atoms with Crippen molar-refractivity contribution in [1.29, 1.82) is 0 Å². The van der Waals surface area contributed by atoms with Gasteiger partial charge in [0.2, 0.25) is 12.1 Å². The van der Waals surface area contributed by atoms with Gasteiger partial charge in [-0.2, -0.15) is 0 Å². The number of likely N-dealkylation sites (tertiary alicyclic amines) is 2. The van der Waals surface area contributed by atoms with Gasteiger partial charge in [0.15, 0.2) is 0 Å². The molecule has 17 nitrogen and oxygen atoms in total. The van der Waals surface area contributed by atoms with Crippen LogP contribution in [0.3, 0.4) is 0 Å². The molecule has 9 rings (SSSR count). The average molecular weight is 946 g/mol. The third kappa shape index (κ3) is 9.10. The lowest BCUT2D eigenvalue weighted by atomic mass is 10.0. The Morgan fingerprint density at radius 3 is 2.26 bits per heavy atom. The second-order valence-corrected chi connectivity index (χ2v) is 18.6. The minimum absolute atomic E-state index is 0.0849. The van der Waals surface area contributed by atoms with E-state index < -0.39 is 42.5 Å². The molecule has 3 amide bonds. The molecule has 3 aromatic heterocycles. The summed E-state index contributed by atoms with van der Waals surface area (Å²) < 4.78 is 41.4. The van der Waals surface area contributed by atoms with E-state index >= 15 is 4.39 Å². The number of carbonyl (C=O) groups is 3. The van der Waals surface area contributed by atoms with E-state index in [2.05, 4.69) is 20.6 Å². The number of methoxy groups -OCH3 is 2. The molecule has 5 N–H and O–H groups in total. The number of aromatic amines is 2. The SMILES string of the molecule is CCOc1cccc(C2Oc3cc(-c4cnc(C5CCCN5C(O)C(NC(=O)OC)C(C)C)[nH]4)cc(F)c3-c3cc4cc(-c5cnc(C6CCCN6C(=O)C(NC(=O)OC)C(C)C)[nH]5)ccc4n32)c1. The van der Waals surface area contributed by atoms with Crippen molar-refractivity contribution in [3.8, 4) is 45.3 Å². The Labute approximate surface area is 399 Å². The van der Waals surface area contributed by atoms with E-state index in [1.807, 2.05) is 98.7 Å². The van der Waals surface area contributed by atoms with Gasteiger partial charge in [0.1, 0.15) is 41.2 Å². The lowest BCUT2D eigenvalue weighted by molar-refractivity contribution is -0.135. The summed E-state index contributed by atoms with van der Waals surface area (Å²) >= 11 is 0. The number of nitrogens with zero attached hydrogens (tertiary/aromatic N) is 5. The molecule has 6 heterocycles. The van der Waals surface area contributed by atoms with Crippen LogP contribution in [0.5, 0.6) is 11.5 Å². The summed E-state index contributed by atoms with van der Waals surface area (Å²) in [5.41, 5.74) is 5.29. The maximum atomic E-state index is 16.9. The molecular weight excluding hydrogens is 886 g/mol. The summed E-state index contributed by atoms with van der Waals surface area (Å²) in [5.74, 6) is 1.39. The highest BCUT2D eigenvalue weighted by Gasteiger charge is 2.40. The fourth-order valence-corrected chi connectivity index (χ4v) is 10.1. The van der Waals surface area contributed by atoms with Gasteiger partial charge in [-0.1, -0.05) is 45.9 Å². The van der Waals surface area contributed by atoms with Gasteiger partial charge in [0, 0.05) is 35.2 Å². The van der Waals surface area contributed by atoms with Crippen molar-refractivity contribution < 1.29 is 42.8 Å². The predicted octanol–water partition coefficient (Wildman–Crippen LogP) is 8.45. The maximum absolute atomic E-state index is 16.9. The number of imidazole rings is 2. The lowest BCUT2D eigenvalue weighted by Gasteiger charge is -2.35. The van der Waals surface area contributed by atoms with Gasteiger partial charge < -0.3 is 54.1 Å². The van der Waals surface area contributed by atoms with Crippen LogP contribution in [-0.2, 0) is 14.3 Å². The zero-order chi connectivity index (χ0) is 48.7. The largest absolute Gasteiger partial charge is 0.494 e. The summed E-state index contributed by atoms with van der Waals surface area (Å²) in [6, 6.07) is 17.1. The highest BCUT2D eigenvalue weighted by molar-refractivity contribution is 5.93. The van der Waals surface area contributed by atoms with Crippen LogP contribution in [0.15, 0.2) is 73.1 Å². The van der Waals surface area contributed by atoms with Crippen LogP contribution in [-0.4, -0.2) is 110 Å². The number of nitrogens with one attached hydrogen (secondary N) is 4. The molecule has 6 unspecified atom stereocenters. The molecule has 3 aliphatic heterocycles. The third-order valence-corrected chi connectivity index (χ3v) is 13.6. The Hall–Kier alpha value is -6.92. The summed E-state index contributed by atoms with van der Waals surface area (Å²) in [6.45, 7) is 11.2. The minimum Gasteiger partial charge on any atom is -0.494 e. The number of rotatable bonds is 14. The van der Waals surface area contributed by atoms with Crippen LogP contribution in [0.4, 0.5) is 14.0 Å². The lowest BCUT2D eigenvalue weighted by Crippen LogP contribution is -2.54. The zero-order valence-electron chi connectivity index (χ0n) is 39.9. The summed E-state index contributed by atoms with van der Waals surface area (Å²) in [5, 5.41) is 17.9. The molecule has 0 bridgehead atoms. The molecule has 69 heavy (non-hydrogen) atoms. The first-order chi connectivity index (χ1) is 33.3. The molecule has 3 aromatic carbocycles. The van der Waals surface area contributed by atoms with Crippen molar-refractivity contribution in [3.05, 3.63) is 96.1 Å². The van der Waals surface area contributed by atoms with E-state index in [0.717, 1.165) is 47.0 Å². The molecule has 6 aromatic rings. The Bertz CT molecular complexity index is 2860. The van der Waals surface area contributed by atoms with Crippen molar-refractivity contribution in [3.63, 3.8) is 0 Å². The first kappa shape index (κ1) is 47.2. The Balaban J connectivity index is 1.04. The van der Waals surface area contributed by atoms with Crippen LogP contribution in [0.2, 0.25) is 0 Å². The van der Waals surface area contributed by atoms with E-state index in [9.17, 15) is 19.5 Å². The minimum atomic E-state index is -1.00. The number of benzene rings is 3. The topological polar surface area (TPSA) is 201 Å². The van der Waals surface area contributed by atoms with E-state index in [-0.39, 0.29) is 29.8 Å². The van der Waals surface area contributed by atoms with Crippen LogP contribution in [0, 0.1) is 17.7 Å². The van der Waals surface area contributed by atoms with Gasteiger partial charge >= 0.3 is 12.2 Å². The van der Waals surface area contributed by atoms with Crippen LogP contribution in [0.25, 0.3) is 44.7 Å². The predicted molar refractivity (Wildman–Crippen MR) is 256 cm³/mol. The smallest absolute Gasteiger partial charge is 0.407 e. The zero-order valence-corrected chi connectivity index (χ0v) is 39.9. The standard InChI is InChI=1S/C51H60FN9O8/c1-8-68-33-13-9-12-30(21-33)49-61-37-17-16-29(35-25-53-45(55-35)38-14-10-18-59(38)47(62)43(27(2)3)57-50(64)66-6)20-32(37)23-40(61)42-34(52)22-31(24-41(42)69-49)36-26-54-46(56-36)39-15-11-19-60(39)48(63)44(28(4)5)58-51(65)67-7/h9,12-13,16-17,20-28,38-39,43-44,48-49,63H,8,10-11,14-15,18-19H2,1-7H3,(H,53,55)(H,54,56)(H,57,64)(H,58,65). The van der Waals surface area contributed by atoms with Crippen LogP contribution >= 0.6 is 0 Å². The first-order valence-corrected chi connectivity index (χ1v) is 23.7. The van der Waals surface area contributed by atoms with Crippen molar-refractivity contribution >= 4 is 29.0 Å². The van der Waals surface area contributed by atoms with E-state index in [1.165, 1.54) is 20.3 Å². The molecule has 6 atom stereocenters. The van der Waals surface area contributed by atoms with Gasteiger partial charge in [0.05, 0.1) is 79.5 Å². The maximum Gasteiger partial charge on any atom is 0.407 e. The number of aromatic nitrogens is 5. The molecule has 18 heteroatoms. The number of halogens is 1. The molecule has 3 aliphatic rings. The number of amides is 3. The summed E-state index contributed by atoms with van der Waals surface area (Å²) in [6.07, 6.45) is 3.51. The molecule has 0 aliphatic carbocycles. The van der Waals surface area contributed by atoms with Crippen LogP contribution in [0.1, 0.15) is 95.8 Å². The second-order valence-electron chi connectivity index (χ2n) is 18.6. The first-order valence-electron chi connectivity index (χ1n) is 23.7. The molecule has 0 radical (unpaired) electrons. The van der Waals surface area contributed by atoms with Gasteiger partial charge in [-0.3, -0.25) is 9.69 Å². The molecule has 0 saturated carbocycles. The average Bonchev–Trinajstić information content (AvgIpc) is 4.20. The summed E-state index contributed by atoms with van der Waals surface area (Å²) in [7, 11) is 2.57. The molecule has 0 spiro atoms. The number of aliphatic hydroxyl groups excluding tert-OH is 1. The Morgan fingerprint density at radius 2 is 1.55 bits per heavy atom. The van der Waals surface area contributed by atoms with Gasteiger partial charge in [-0.15, -0.1) is 0 Å². The number of hydrogen-bond acceptors (Lipinski definition) is 11. The van der Waals surface area contributed by atoms with Crippen LogP contribution < -0.4 is 20.1 Å². The highest BCUT2D eigenvalue weighted by atomic mass is 19.1. The van der Waals surface area contributed by atoms with Crippen molar-refractivity contribution in [2.24, 2.45) is 11.8 Å². The van der Waals surface area contributed by atoms with E-state index in [0.29, 0.717) is 71.8 Å². The van der Waals surface area contributed by atoms with E-state index in [4.69, 9.17) is 28.9 Å². The van der Waals surface area contributed by atoms with Gasteiger partial charge in [-0.25, -0.2) is 23.9 Å². The normalized spacial score (nSPS) is 19.2. The quantitative estimate of drug-likeness (QED) is 0.0702. The molecule has 2 saturated heterocycles. The Morgan fingerprint density at radius 1 is 0.855 bits per heavy atom.